The van der Waals surface area contributed by atoms with Crippen molar-refractivity contribution in [2.45, 2.75) is 13.5 Å². The van der Waals surface area contributed by atoms with Crippen molar-refractivity contribution in [3.05, 3.63) is 36.2 Å². The molecule has 3 heterocycles. The minimum Gasteiger partial charge on any atom is -0.479 e. The van der Waals surface area contributed by atoms with Crippen LogP contribution in [0.3, 0.4) is 0 Å². The normalized spacial score (nSPS) is 10.5. The molecule has 0 aromatic carbocycles. The van der Waals surface area contributed by atoms with Crippen molar-refractivity contribution in [2.24, 2.45) is 0 Å². The van der Waals surface area contributed by atoms with Crippen molar-refractivity contribution in [3.8, 4) is 11.8 Å². The zero-order chi connectivity index (χ0) is 17.6. The van der Waals surface area contributed by atoms with E-state index in [-0.39, 0.29) is 12.6 Å². The van der Waals surface area contributed by atoms with Gasteiger partial charge in [-0.3, -0.25) is 10.4 Å². The number of nitrogens with zero attached hydrogens (tertiary/aromatic N) is 3. The number of ether oxygens (including phenoxy) is 2. The summed E-state index contributed by atoms with van der Waals surface area (Å²) >= 11 is 0. The summed E-state index contributed by atoms with van der Waals surface area (Å²) in [5.41, 5.74) is 1.51. The summed E-state index contributed by atoms with van der Waals surface area (Å²) in [7, 11) is 1.53. The van der Waals surface area contributed by atoms with Crippen LogP contribution in [-0.4, -0.2) is 39.9 Å². The third-order valence-corrected chi connectivity index (χ3v) is 3.42. The number of carbonyl (C=O) groups excluding carboxylic acids is 1. The molecule has 0 saturated heterocycles. The largest absolute Gasteiger partial charge is 0.479 e. The number of rotatable bonds is 6. The third-order valence-electron chi connectivity index (χ3n) is 3.42. The number of aromatic nitrogens is 4. The van der Waals surface area contributed by atoms with E-state index >= 15 is 0 Å². The van der Waals surface area contributed by atoms with E-state index < -0.39 is 0 Å². The molecule has 0 aliphatic heterocycles. The number of urea groups is 1. The highest BCUT2D eigenvalue weighted by molar-refractivity contribution is 5.91. The van der Waals surface area contributed by atoms with Gasteiger partial charge in [0, 0.05) is 30.6 Å². The summed E-state index contributed by atoms with van der Waals surface area (Å²) in [6, 6.07) is 4.93. The fraction of sp³-hybridized carbons (Fsp3) is 0.250. The van der Waals surface area contributed by atoms with Gasteiger partial charge in [-0.15, -0.1) is 5.10 Å². The molecular weight excluding hydrogens is 324 g/mol. The second-order valence-corrected chi connectivity index (χ2v) is 5.06. The van der Waals surface area contributed by atoms with E-state index in [0.29, 0.717) is 29.7 Å². The van der Waals surface area contributed by atoms with Crippen LogP contribution in [0.5, 0.6) is 11.8 Å². The number of H-pyrrole nitrogens is 1. The van der Waals surface area contributed by atoms with Gasteiger partial charge in [0.15, 0.2) is 0 Å². The van der Waals surface area contributed by atoms with Gasteiger partial charge >= 0.3 is 6.03 Å². The third kappa shape index (κ3) is 3.77. The van der Waals surface area contributed by atoms with Gasteiger partial charge in [-0.2, -0.15) is 0 Å². The fourth-order valence-electron chi connectivity index (χ4n) is 2.27. The van der Waals surface area contributed by atoms with Crippen molar-refractivity contribution >= 4 is 22.8 Å². The maximum absolute atomic E-state index is 12.1. The molecule has 9 nitrogen and oxygen atoms in total. The van der Waals surface area contributed by atoms with Gasteiger partial charge in [0.05, 0.1) is 24.6 Å². The molecule has 25 heavy (non-hydrogen) atoms. The first-order valence-corrected chi connectivity index (χ1v) is 7.71. The zero-order valence-electron chi connectivity index (χ0n) is 13.9. The van der Waals surface area contributed by atoms with Crippen LogP contribution in [0, 0.1) is 0 Å². The highest BCUT2D eigenvalue weighted by atomic mass is 16.5. The number of methoxy groups -OCH3 is 1. The lowest BCUT2D eigenvalue weighted by Crippen LogP contribution is -2.28. The van der Waals surface area contributed by atoms with Crippen LogP contribution in [0.4, 0.5) is 10.6 Å². The average molecular weight is 342 g/mol. The number of anilines is 1. The molecule has 3 N–H and O–H groups in total. The van der Waals surface area contributed by atoms with Crippen LogP contribution >= 0.6 is 0 Å². The molecule has 3 aromatic heterocycles. The summed E-state index contributed by atoms with van der Waals surface area (Å²) in [5, 5.41) is 13.0. The van der Waals surface area contributed by atoms with E-state index in [9.17, 15) is 4.79 Å². The minimum atomic E-state index is -0.385. The fourth-order valence-corrected chi connectivity index (χ4v) is 2.27. The topological polar surface area (TPSA) is 114 Å². The van der Waals surface area contributed by atoms with Crippen molar-refractivity contribution in [2.75, 3.05) is 19.0 Å². The molecule has 3 aromatic rings. The van der Waals surface area contributed by atoms with Crippen LogP contribution in [0.25, 0.3) is 10.9 Å². The van der Waals surface area contributed by atoms with E-state index in [0.717, 1.165) is 10.9 Å². The van der Waals surface area contributed by atoms with Crippen molar-refractivity contribution in [1.29, 1.82) is 0 Å². The number of amides is 2. The monoisotopic (exact) mass is 342 g/mol. The van der Waals surface area contributed by atoms with Gasteiger partial charge in [-0.1, -0.05) is 6.07 Å². The molecule has 0 fully saturated rings. The summed E-state index contributed by atoms with van der Waals surface area (Å²) in [6.45, 7) is 2.67. The van der Waals surface area contributed by atoms with Gasteiger partial charge in [-0.25, -0.2) is 14.8 Å². The molecule has 2 amide bonds. The van der Waals surface area contributed by atoms with Crippen LogP contribution in [0.2, 0.25) is 0 Å². The summed E-state index contributed by atoms with van der Waals surface area (Å²) < 4.78 is 10.5. The van der Waals surface area contributed by atoms with Crippen molar-refractivity contribution < 1.29 is 14.3 Å². The standard InChI is InChI=1S/C16H18N6O3/c1-3-25-14-10(5-4-6-17-14)8-19-16(23)20-13-7-12-11(9-18-13)15(24-2)22-21-12/h4-7,9H,3,8H2,1-2H3,(H,21,22)(H2,18,19,20,23). The first-order chi connectivity index (χ1) is 12.2. The molecule has 0 radical (unpaired) electrons. The van der Waals surface area contributed by atoms with Crippen LogP contribution in [-0.2, 0) is 6.54 Å². The van der Waals surface area contributed by atoms with E-state index in [1.54, 1.807) is 24.5 Å². The Balaban J connectivity index is 1.63. The Morgan fingerprint density at radius 3 is 3.00 bits per heavy atom. The number of nitrogens with one attached hydrogen (secondary N) is 3. The summed E-state index contributed by atoms with van der Waals surface area (Å²) in [6.07, 6.45) is 3.23. The lowest BCUT2D eigenvalue weighted by Gasteiger charge is -2.10. The molecule has 0 saturated carbocycles. The molecule has 0 atom stereocenters. The zero-order valence-corrected chi connectivity index (χ0v) is 13.9. The molecule has 0 aliphatic rings. The van der Waals surface area contributed by atoms with E-state index in [1.807, 2.05) is 13.0 Å². The Hall–Kier alpha value is -3.36. The molecule has 0 bridgehead atoms. The Bertz CT molecular complexity index is 879. The smallest absolute Gasteiger partial charge is 0.320 e. The first kappa shape index (κ1) is 16.5. The van der Waals surface area contributed by atoms with Gasteiger partial charge < -0.3 is 14.8 Å². The lowest BCUT2D eigenvalue weighted by atomic mass is 10.2. The highest BCUT2D eigenvalue weighted by Gasteiger charge is 2.10. The Morgan fingerprint density at radius 2 is 2.20 bits per heavy atom. The van der Waals surface area contributed by atoms with Gasteiger partial charge in [-0.05, 0) is 13.0 Å². The number of carbonyl (C=O) groups is 1. The lowest BCUT2D eigenvalue weighted by molar-refractivity contribution is 0.251. The maximum atomic E-state index is 12.1. The average Bonchev–Trinajstić information content (AvgIpc) is 3.03. The minimum absolute atomic E-state index is 0.287. The van der Waals surface area contributed by atoms with Gasteiger partial charge in [0.1, 0.15) is 5.82 Å². The van der Waals surface area contributed by atoms with Gasteiger partial charge in [0.25, 0.3) is 0 Å². The Labute approximate surface area is 143 Å². The highest BCUT2D eigenvalue weighted by Crippen LogP contribution is 2.22. The number of fused-ring (bicyclic) bond motifs is 1. The summed E-state index contributed by atoms with van der Waals surface area (Å²) in [4.78, 5) is 20.4. The van der Waals surface area contributed by atoms with Crippen molar-refractivity contribution in [1.82, 2.24) is 25.5 Å². The SMILES string of the molecule is CCOc1ncccc1CNC(=O)Nc1cc2[nH]nc(OC)c2cn1. The molecule has 0 spiro atoms. The van der Waals surface area contributed by atoms with E-state index in [4.69, 9.17) is 9.47 Å². The predicted molar refractivity (Wildman–Crippen MR) is 91.7 cm³/mol. The molecular formula is C16H18N6O3. The first-order valence-electron chi connectivity index (χ1n) is 7.71. The van der Waals surface area contributed by atoms with Crippen LogP contribution < -0.4 is 20.1 Å². The van der Waals surface area contributed by atoms with Crippen molar-refractivity contribution in [3.63, 3.8) is 0 Å². The number of hydrogen-bond acceptors (Lipinski definition) is 6. The molecule has 0 aliphatic carbocycles. The molecule has 9 heteroatoms. The van der Waals surface area contributed by atoms with Crippen LogP contribution in [0.15, 0.2) is 30.6 Å². The Morgan fingerprint density at radius 1 is 1.32 bits per heavy atom. The number of aromatic amines is 1. The second-order valence-electron chi connectivity index (χ2n) is 5.06. The Kier molecular flexibility index (Phi) is 4.93. The van der Waals surface area contributed by atoms with E-state index in [2.05, 4.69) is 30.8 Å². The number of hydrogen-bond donors (Lipinski definition) is 3. The second kappa shape index (κ2) is 7.47. The molecule has 3 rings (SSSR count). The molecule has 0 unspecified atom stereocenters. The maximum Gasteiger partial charge on any atom is 0.320 e. The number of pyridine rings is 2. The predicted octanol–water partition coefficient (Wildman–Crippen LogP) is 2.08. The van der Waals surface area contributed by atoms with Gasteiger partial charge in [0.2, 0.25) is 11.8 Å². The van der Waals surface area contributed by atoms with Crippen LogP contribution in [0.1, 0.15) is 12.5 Å². The van der Waals surface area contributed by atoms with E-state index in [1.165, 1.54) is 7.11 Å². The quantitative estimate of drug-likeness (QED) is 0.632. The molecule has 130 valence electrons. The summed E-state index contributed by atoms with van der Waals surface area (Å²) in [5.74, 6) is 1.36.